The van der Waals surface area contributed by atoms with Crippen molar-refractivity contribution in [2.24, 2.45) is 0 Å². The van der Waals surface area contributed by atoms with Gasteiger partial charge >= 0.3 is 0 Å². The predicted molar refractivity (Wildman–Crippen MR) is 88.3 cm³/mol. The summed E-state index contributed by atoms with van der Waals surface area (Å²) in [6.45, 7) is 2.06. The van der Waals surface area contributed by atoms with E-state index in [1.807, 2.05) is 23.6 Å². The average Bonchev–Trinajstić information content (AvgIpc) is 2.88. The summed E-state index contributed by atoms with van der Waals surface area (Å²) in [7, 11) is 3.80. The van der Waals surface area contributed by atoms with Crippen LogP contribution < -0.4 is 5.32 Å². The molecule has 3 nitrogen and oxygen atoms in total. The third-order valence-electron chi connectivity index (χ3n) is 3.05. The van der Waals surface area contributed by atoms with Crippen LogP contribution in [0.1, 0.15) is 12.5 Å². The molecule has 0 unspecified atom stereocenters. The third kappa shape index (κ3) is 2.63. The maximum atomic E-state index is 4.35. The van der Waals surface area contributed by atoms with E-state index < -0.39 is 5.16 Å². The number of halogens is 1. The molecule has 0 aliphatic rings. The number of fused-ring (bicyclic) bond motifs is 1. The highest BCUT2D eigenvalue weighted by atomic mass is 79.9. The van der Waals surface area contributed by atoms with Gasteiger partial charge in [0.05, 0.1) is 15.6 Å². The number of nitrogens with zero attached hydrogens (tertiary/aromatic N) is 2. The van der Waals surface area contributed by atoms with Crippen molar-refractivity contribution >= 4 is 53.5 Å². The molecule has 0 amide bonds. The van der Waals surface area contributed by atoms with E-state index in [4.69, 9.17) is 0 Å². The summed E-state index contributed by atoms with van der Waals surface area (Å²) in [5.74, 6) is 0.830. The molecule has 0 saturated heterocycles. The molecule has 0 bridgehead atoms. The summed E-state index contributed by atoms with van der Waals surface area (Å²) in [5.41, 5.74) is 1.12. The largest absolute Gasteiger partial charge is 0.364 e. The molecule has 0 aliphatic carbocycles. The van der Waals surface area contributed by atoms with E-state index in [0.717, 1.165) is 26.1 Å². The van der Waals surface area contributed by atoms with Crippen LogP contribution in [-0.4, -0.2) is 20.2 Å². The van der Waals surface area contributed by atoms with E-state index in [1.165, 1.54) is 0 Å². The van der Waals surface area contributed by atoms with Crippen LogP contribution in [0.5, 0.6) is 0 Å². The molecule has 3 rings (SSSR count). The number of nitrogens with one attached hydrogen (secondary N) is 1. The number of aromatic nitrogens is 2. The highest BCUT2D eigenvalue weighted by molar-refractivity contribution is 9.10. The second-order valence-electron chi connectivity index (χ2n) is 4.62. The summed E-state index contributed by atoms with van der Waals surface area (Å²) in [6, 6.07) is 10.2. The first kappa shape index (κ1) is 13.7. The number of rotatable bonds is 3. The highest BCUT2D eigenvalue weighted by Gasteiger charge is 2.22. The Hall–Kier alpha value is -1.24. The van der Waals surface area contributed by atoms with Crippen LogP contribution in [0.4, 0.5) is 5.82 Å². The van der Waals surface area contributed by atoms with Gasteiger partial charge in [-0.05, 0) is 36.1 Å². The molecule has 0 saturated carbocycles. The Kier molecular flexibility index (Phi) is 3.62. The van der Waals surface area contributed by atoms with Crippen molar-refractivity contribution in [2.45, 2.75) is 12.1 Å². The fourth-order valence-electron chi connectivity index (χ4n) is 1.98. The van der Waals surface area contributed by atoms with E-state index >= 15 is 0 Å². The van der Waals surface area contributed by atoms with Gasteiger partial charge in [0.2, 0.25) is 0 Å². The normalized spacial score (nSPS) is 14.2. The minimum Gasteiger partial charge on any atom is -0.364 e. The van der Waals surface area contributed by atoms with Gasteiger partial charge in [0, 0.05) is 9.63 Å². The molecule has 1 aromatic carbocycles. The van der Waals surface area contributed by atoms with Gasteiger partial charge < -0.3 is 5.32 Å². The standard InChI is InChI=1S/C14H11BrN3SSi/c1-14(20,9-2-4-10(15)5-3-9)18-12-11-6-7-19-13(11)17-8-16-12/h2-8H,1H3,(H,16,17,18)/t14-/m0/s1. The number of hydrogen-bond acceptors (Lipinski definition) is 4. The minimum atomic E-state index is -0.399. The smallest absolute Gasteiger partial charge is 0.138 e. The Balaban J connectivity index is 1.96. The molecule has 6 heteroatoms. The van der Waals surface area contributed by atoms with Gasteiger partial charge in [-0.25, -0.2) is 9.97 Å². The van der Waals surface area contributed by atoms with E-state index in [-0.39, 0.29) is 0 Å². The Morgan fingerprint density at radius 3 is 2.70 bits per heavy atom. The van der Waals surface area contributed by atoms with Crippen LogP contribution >= 0.6 is 27.3 Å². The molecule has 0 aliphatic heterocycles. The van der Waals surface area contributed by atoms with Crippen molar-refractivity contribution in [3.63, 3.8) is 0 Å². The van der Waals surface area contributed by atoms with E-state index in [1.54, 1.807) is 17.7 Å². The molecular formula is C14H11BrN3SSi. The number of benzene rings is 1. The van der Waals surface area contributed by atoms with Crippen LogP contribution in [0.25, 0.3) is 10.2 Å². The van der Waals surface area contributed by atoms with Crippen molar-refractivity contribution in [3.05, 3.63) is 52.1 Å². The van der Waals surface area contributed by atoms with Gasteiger partial charge in [-0.15, -0.1) is 11.3 Å². The highest BCUT2D eigenvalue weighted by Crippen LogP contribution is 2.29. The lowest BCUT2D eigenvalue weighted by atomic mass is 10.1. The first-order valence-electron chi connectivity index (χ1n) is 6.04. The van der Waals surface area contributed by atoms with E-state index in [9.17, 15) is 0 Å². The van der Waals surface area contributed by atoms with Gasteiger partial charge in [-0.1, -0.05) is 28.1 Å². The van der Waals surface area contributed by atoms with Crippen molar-refractivity contribution < 1.29 is 0 Å². The molecular weight excluding hydrogens is 350 g/mol. The lowest BCUT2D eigenvalue weighted by molar-refractivity contribution is 0.778. The predicted octanol–water partition coefficient (Wildman–Crippen LogP) is 3.91. The van der Waals surface area contributed by atoms with Crippen LogP contribution in [-0.2, 0) is 5.16 Å². The summed E-state index contributed by atoms with van der Waals surface area (Å²) in [6.07, 6.45) is 1.59. The van der Waals surface area contributed by atoms with Crippen molar-refractivity contribution in [2.75, 3.05) is 5.32 Å². The van der Waals surface area contributed by atoms with Gasteiger partial charge in [0.15, 0.2) is 0 Å². The molecule has 20 heavy (non-hydrogen) atoms. The molecule has 1 atom stereocenters. The molecule has 0 fully saturated rings. The second kappa shape index (κ2) is 5.27. The minimum absolute atomic E-state index is 0.399. The van der Waals surface area contributed by atoms with Crippen LogP contribution in [0.15, 0.2) is 46.5 Å². The quantitative estimate of drug-likeness (QED) is 0.719. The Morgan fingerprint density at radius 1 is 1.20 bits per heavy atom. The molecule has 99 valence electrons. The number of anilines is 1. The fourth-order valence-corrected chi connectivity index (χ4v) is 3.26. The summed E-state index contributed by atoms with van der Waals surface area (Å²) < 4.78 is 1.06. The van der Waals surface area contributed by atoms with Gasteiger partial charge in [-0.3, -0.25) is 0 Å². The summed E-state index contributed by atoms with van der Waals surface area (Å²) in [5, 5.41) is 6.10. The van der Waals surface area contributed by atoms with Gasteiger partial charge in [-0.2, -0.15) is 0 Å². The molecule has 1 N–H and O–H groups in total. The molecule has 0 spiro atoms. The van der Waals surface area contributed by atoms with Crippen molar-refractivity contribution in [1.29, 1.82) is 0 Å². The summed E-state index contributed by atoms with van der Waals surface area (Å²) in [4.78, 5) is 9.60. The lowest BCUT2D eigenvalue weighted by Gasteiger charge is -2.27. The Morgan fingerprint density at radius 2 is 1.95 bits per heavy atom. The van der Waals surface area contributed by atoms with Crippen LogP contribution in [0.2, 0.25) is 0 Å². The fraction of sp³-hybridized carbons (Fsp3) is 0.143. The molecule has 2 heterocycles. The maximum absolute atomic E-state index is 4.35. The number of thiophene rings is 1. The first-order chi connectivity index (χ1) is 9.56. The molecule has 2 aromatic heterocycles. The maximum Gasteiger partial charge on any atom is 0.138 e. The first-order valence-corrected chi connectivity index (χ1v) is 8.21. The van der Waals surface area contributed by atoms with E-state index in [2.05, 4.69) is 60.5 Å². The molecule has 3 aromatic rings. The SMILES string of the molecule is C[C@@]([Si])(Nc1ncnc2sccc12)c1ccc(Br)cc1. The second-order valence-corrected chi connectivity index (χ2v) is 7.43. The van der Waals surface area contributed by atoms with Crippen LogP contribution in [0, 0.1) is 0 Å². The molecule has 3 radical (unpaired) electrons. The van der Waals surface area contributed by atoms with Crippen LogP contribution in [0.3, 0.4) is 0 Å². The Bertz CT molecular complexity index is 740. The van der Waals surface area contributed by atoms with Gasteiger partial charge in [0.1, 0.15) is 17.0 Å². The zero-order chi connectivity index (χ0) is 14.2. The average molecular weight is 361 g/mol. The lowest BCUT2D eigenvalue weighted by Crippen LogP contribution is -2.32. The zero-order valence-electron chi connectivity index (χ0n) is 10.7. The topological polar surface area (TPSA) is 37.8 Å². The van der Waals surface area contributed by atoms with Crippen molar-refractivity contribution in [1.82, 2.24) is 9.97 Å². The van der Waals surface area contributed by atoms with E-state index in [0.29, 0.717) is 0 Å². The summed E-state index contributed by atoms with van der Waals surface area (Å²) >= 11 is 5.06. The number of hydrogen-bond donors (Lipinski definition) is 1. The van der Waals surface area contributed by atoms with Crippen molar-refractivity contribution in [3.8, 4) is 0 Å². The monoisotopic (exact) mass is 360 g/mol. The Labute approximate surface area is 133 Å². The van der Waals surface area contributed by atoms with Gasteiger partial charge in [0.25, 0.3) is 0 Å². The zero-order valence-corrected chi connectivity index (χ0v) is 14.1. The third-order valence-corrected chi connectivity index (χ3v) is 4.81.